The van der Waals surface area contributed by atoms with Crippen LogP contribution in [0.1, 0.15) is 98.9 Å². The Morgan fingerprint density at radius 3 is 1.94 bits per heavy atom. The summed E-state index contributed by atoms with van der Waals surface area (Å²) in [5.41, 5.74) is 21.9. The van der Waals surface area contributed by atoms with E-state index in [0.29, 0.717) is 0 Å². The molecule has 1 heteroatoms. The van der Waals surface area contributed by atoms with Gasteiger partial charge in [-0.2, -0.15) is 0 Å². The van der Waals surface area contributed by atoms with E-state index >= 15 is 0 Å². The summed E-state index contributed by atoms with van der Waals surface area (Å²) in [6, 6.07) is 50.7. The number of benzene rings is 6. The molecule has 7 aromatic rings. The molecule has 0 radical (unpaired) electrons. The molecule has 1 aliphatic rings. The van der Waals surface area contributed by atoms with E-state index < -0.39 is 0 Å². The predicted octanol–water partition coefficient (Wildman–Crippen LogP) is 18.1. The largest absolute Gasteiger partial charge is 0.264 e. The Morgan fingerprint density at radius 2 is 1.29 bits per heavy atom. The van der Waals surface area contributed by atoms with Crippen LogP contribution in [0.2, 0.25) is 0 Å². The normalized spacial score (nSPS) is 12.7. The van der Waals surface area contributed by atoms with Crippen molar-refractivity contribution in [1.82, 2.24) is 4.98 Å². The third-order valence-corrected chi connectivity index (χ3v) is 12.3. The molecular weight excluding hydrogens is 843 g/mol. The van der Waals surface area contributed by atoms with E-state index in [2.05, 4.69) is 216 Å². The second-order valence-electron chi connectivity index (χ2n) is 17.3. The van der Waals surface area contributed by atoms with Gasteiger partial charge in [0.15, 0.2) is 0 Å². The van der Waals surface area contributed by atoms with Gasteiger partial charge in [0, 0.05) is 12.4 Å². The van der Waals surface area contributed by atoms with Crippen molar-refractivity contribution < 1.29 is 0 Å². The van der Waals surface area contributed by atoms with Gasteiger partial charge in [-0.25, -0.2) is 0 Å². The predicted molar refractivity (Wildman–Crippen MR) is 311 cm³/mol. The Bertz CT molecular complexity index is 3120. The van der Waals surface area contributed by atoms with E-state index in [1.165, 1.54) is 99.8 Å². The van der Waals surface area contributed by atoms with Crippen molar-refractivity contribution in [3.8, 4) is 33.4 Å². The molecule has 0 saturated heterocycles. The minimum atomic E-state index is 0.905. The van der Waals surface area contributed by atoms with Crippen molar-refractivity contribution in [2.75, 3.05) is 0 Å². The van der Waals surface area contributed by atoms with E-state index in [-0.39, 0.29) is 0 Å². The van der Waals surface area contributed by atoms with E-state index in [4.69, 9.17) is 0 Å². The number of pyridine rings is 1. The molecule has 8 rings (SSSR count). The highest BCUT2D eigenvalue weighted by Crippen LogP contribution is 2.34. The van der Waals surface area contributed by atoms with Gasteiger partial charge in [-0.15, -0.1) is 0 Å². The quantitative estimate of drug-likeness (QED) is 0.118. The number of hydrogen-bond donors (Lipinski definition) is 0. The van der Waals surface area contributed by atoms with Gasteiger partial charge in [0.25, 0.3) is 0 Å². The number of hydrogen-bond acceptors (Lipinski definition) is 1. The van der Waals surface area contributed by atoms with Crippen molar-refractivity contribution >= 4 is 29.4 Å². The fourth-order valence-electron chi connectivity index (χ4n) is 8.57. The molecule has 354 valence electrons. The Labute approximate surface area is 421 Å². The van der Waals surface area contributed by atoms with Gasteiger partial charge in [-0.1, -0.05) is 232 Å². The highest BCUT2D eigenvalue weighted by atomic mass is 14.6. The first-order chi connectivity index (χ1) is 34.2. The molecular formula is C69H73N. The highest BCUT2D eigenvalue weighted by Gasteiger charge is 2.12. The van der Waals surface area contributed by atoms with Crippen LogP contribution in [0.15, 0.2) is 219 Å². The molecule has 6 aromatic carbocycles. The summed E-state index contributed by atoms with van der Waals surface area (Å²) < 4.78 is 0. The lowest BCUT2D eigenvalue weighted by Gasteiger charge is -2.16. The summed E-state index contributed by atoms with van der Waals surface area (Å²) in [6.07, 6.45) is 29.5. The number of aromatic nitrogens is 1. The lowest BCUT2D eigenvalue weighted by atomic mass is 9.89. The average molecular weight is 916 g/mol. The molecule has 0 spiro atoms. The van der Waals surface area contributed by atoms with Gasteiger partial charge in [0.1, 0.15) is 0 Å². The lowest BCUT2D eigenvalue weighted by Crippen LogP contribution is -2.23. The molecule has 1 aromatic heterocycles. The molecule has 0 amide bonds. The van der Waals surface area contributed by atoms with Crippen LogP contribution in [0, 0.1) is 20.8 Å². The smallest absolute Gasteiger partial charge is 0.0346 e. The fraction of sp³-hybridized carbons (Fsp3) is 0.174. The molecule has 1 aliphatic carbocycles. The van der Waals surface area contributed by atoms with Gasteiger partial charge in [0.05, 0.1) is 0 Å². The zero-order valence-electron chi connectivity index (χ0n) is 43.3. The van der Waals surface area contributed by atoms with Crippen LogP contribution in [0.25, 0.3) is 62.8 Å². The molecule has 0 N–H and O–H groups in total. The van der Waals surface area contributed by atoms with Gasteiger partial charge in [-0.3, -0.25) is 4.98 Å². The molecule has 0 saturated carbocycles. The Balaban J connectivity index is 0.000000265. The third kappa shape index (κ3) is 14.9. The molecule has 1 nitrogen and oxygen atoms in total. The summed E-state index contributed by atoms with van der Waals surface area (Å²) in [5, 5.41) is 2.39. The van der Waals surface area contributed by atoms with E-state index in [1.807, 2.05) is 77.4 Å². The minimum absolute atomic E-state index is 0.905. The van der Waals surface area contributed by atoms with Gasteiger partial charge < -0.3 is 0 Å². The maximum atomic E-state index is 4.06. The van der Waals surface area contributed by atoms with Crippen molar-refractivity contribution in [2.24, 2.45) is 0 Å². The average Bonchev–Trinajstić information content (AvgIpc) is 3.40. The van der Waals surface area contributed by atoms with Gasteiger partial charge in [-0.05, 0) is 174 Å². The summed E-state index contributed by atoms with van der Waals surface area (Å²) in [7, 11) is 0. The van der Waals surface area contributed by atoms with Gasteiger partial charge in [0.2, 0.25) is 0 Å². The van der Waals surface area contributed by atoms with Crippen LogP contribution in [-0.2, 0) is 6.42 Å². The molecule has 0 atom stereocenters. The van der Waals surface area contributed by atoms with Crippen LogP contribution >= 0.6 is 0 Å². The van der Waals surface area contributed by atoms with Crippen LogP contribution in [-0.4, -0.2) is 4.98 Å². The Hall–Kier alpha value is -7.61. The standard InChI is InChI=1S/C42H38.C14H16.C11H13N.C2H6/c1-5-34-14-7-9-19-42(34)41-22-20-33(24-30(41)3)26-32-13-10-15-35(27-32)36-16-11-17-37(28-36)38-21-23-40(31(4)25-38)39-18-8-6-12-29(39)2;1-4-6-7-13(5-2)14-10-8-12(3)9-11-14;1-3-5-6-11-9-12-8-7-10(11)4-2;1-2/h5,7-11,13-25,27-28H,1,6,12,26H2,2-4H3;4-11H,1H2,2-3H3;3-9H,1-2H3;1-2H3/b;7-6-,13-5+;5-3-,10-4+,11-6-;. The zero-order valence-corrected chi connectivity index (χ0v) is 43.3. The van der Waals surface area contributed by atoms with Crippen molar-refractivity contribution in [1.29, 1.82) is 0 Å². The second kappa shape index (κ2) is 28.0. The molecule has 0 fully saturated rings. The third-order valence-electron chi connectivity index (χ3n) is 12.3. The zero-order chi connectivity index (χ0) is 50.3. The monoisotopic (exact) mass is 916 g/mol. The topological polar surface area (TPSA) is 12.9 Å². The number of rotatable bonds is 11. The summed E-state index contributed by atoms with van der Waals surface area (Å²) in [4.78, 5) is 4.06. The Morgan fingerprint density at radius 1 is 0.614 bits per heavy atom. The van der Waals surface area contributed by atoms with E-state index in [9.17, 15) is 0 Å². The molecule has 0 unspecified atom stereocenters. The van der Waals surface area contributed by atoms with E-state index in [1.54, 1.807) is 6.08 Å². The van der Waals surface area contributed by atoms with Crippen molar-refractivity contribution in [3.05, 3.63) is 274 Å². The molecule has 0 bridgehead atoms. The number of aryl methyl sites for hydroxylation is 3. The first-order valence-electron chi connectivity index (χ1n) is 24.9. The van der Waals surface area contributed by atoms with Crippen LogP contribution in [0.4, 0.5) is 0 Å². The maximum Gasteiger partial charge on any atom is 0.0346 e. The maximum absolute atomic E-state index is 4.06. The van der Waals surface area contributed by atoms with Crippen molar-refractivity contribution in [2.45, 2.75) is 81.6 Å². The SMILES string of the molecule is C=C/C=C\C(=C/C)c1ccc(C)cc1.C=Cc1ccccc1-c1ccc(Cc2cccc(-c3cccc(-c4ccc(C5=C(C)CCC=C5)c(C)c4)c3)c2)cc1C.CC.C\C=C/C=c1/cncc/c1=C\C. The van der Waals surface area contributed by atoms with Crippen LogP contribution in [0.5, 0.6) is 0 Å². The fourth-order valence-corrected chi connectivity index (χ4v) is 8.57. The molecule has 0 aliphatic heterocycles. The lowest BCUT2D eigenvalue weighted by molar-refractivity contribution is 0.967. The first-order valence-corrected chi connectivity index (χ1v) is 24.9. The van der Waals surface area contributed by atoms with Crippen LogP contribution in [0.3, 0.4) is 0 Å². The highest BCUT2D eigenvalue weighted by molar-refractivity contribution is 5.82. The first kappa shape index (κ1) is 53.3. The van der Waals surface area contributed by atoms with E-state index in [0.717, 1.165) is 24.5 Å². The van der Waals surface area contributed by atoms with Gasteiger partial charge >= 0.3 is 0 Å². The minimum Gasteiger partial charge on any atom is -0.264 e. The summed E-state index contributed by atoms with van der Waals surface area (Å²) in [5.74, 6) is 0. The summed E-state index contributed by atoms with van der Waals surface area (Å²) in [6.45, 7) is 26.5. The second-order valence-corrected chi connectivity index (χ2v) is 17.3. The molecule has 1 heterocycles. The van der Waals surface area contributed by atoms with Crippen LogP contribution < -0.4 is 10.4 Å². The number of nitrogens with zero attached hydrogens (tertiary/aromatic N) is 1. The van der Waals surface area contributed by atoms with Crippen molar-refractivity contribution in [3.63, 3.8) is 0 Å². The number of allylic oxidation sites excluding steroid dienone is 11. The molecule has 70 heavy (non-hydrogen) atoms. The summed E-state index contributed by atoms with van der Waals surface area (Å²) >= 11 is 0. The Kier molecular flexibility index (Phi) is 21.4.